The number of benzene rings is 2. The topological polar surface area (TPSA) is 20.3 Å². The van der Waals surface area contributed by atoms with Crippen LogP contribution in [-0.2, 0) is 6.54 Å². The molecule has 0 amide bonds. The quantitative estimate of drug-likeness (QED) is 0.817. The first-order valence-electron chi connectivity index (χ1n) is 7.58. The number of para-hydroxylation sites is 1. The van der Waals surface area contributed by atoms with Crippen LogP contribution in [0, 0.1) is 13.8 Å². The van der Waals surface area contributed by atoms with Gasteiger partial charge in [0, 0.05) is 30.8 Å². The lowest BCUT2D eigenvalue weighted by Crippen LogP contribution is -2.23. The molecule has 2 aromatic rings. The van der Waals surface area contributed by atoms with Crippen molar-refractivity contribution in [3.63, 3.8) is 0 Å². The van der Waals surface area contributed by atoms with Crippen molar-refractivity contribution in [3.05, 3.63) is 64.7 Å². The molecule has 2 nitrogen and oxygen atoms in total. The van der Waals surface area contributed by atoms with E-state index in [1.807, 2.05) is 18.2 Å². The summed E-state index contributed by atoms with van der Waals surface area (Å²) in [5.74, 6) is 0.271. The van der Waals surface area contributed by atoms with Crippen LogP contribution in [0.15, 0.2) is 42.5 Å². The van der Waals surface area contributed by atoms with E-state index in [1.54, 1.807) is 0 Å². The SMILES string of the molecule is Cc1ccc(CN2CCCC(=O)c3ccccc32)cc1C. The van der Waals surface area contributed by atoms with Gasteiger partial charge in [-0.15, -0.1) is 0 Å². The highest BCUT2D eigenvalue weighted by atomic mass is 16.1. The zero-order valence-corrected chi connectivity index (χ0v) is 12.7. The zero-order chi connectivity index (χ0) is 14.8. The Morgan fingerprint density at radius 3 is 2.67 bits per heavy atom. The fraction of sp³-hybridized carbons (Fsp3) is 0.316. The van der Waals surface area contributed by atoms with Gasteiger partial charge >= 0.3 is 0 Å². The summed E-state index contributed by atoms with van der Waals surface area (Å²) in [6, 6.07) is 14.6. The third-order valence-electron chi connectivity index (χ3n) is 4.32. The smallest absolute Gasteiger partial charge is 0.165 e. The number of hydrogen-bond donors (Lipinski definition) is 0. The van der Waals surface area contributed by atoms with Crippen LogP contribution in [0.25, 0.3) is 0 Å². The van der Waals surface area contributed by atoms with Crippen LogP contribution < -0.4 is 4.90 Å². The average Bonchev–Trinajstić information content (AvgIpc) is 2.64. The van der Waals surface area contributed by atoms with Gasteiger partial charge in [-0.3, -0.25) is 4.79 Å². The molecule has 2 heteroatoms. The Morgan fingerprint density at radius 2 is 1.86 bits per heavy atom. The van der Waals surface area contributed by atoms with Crippen molar-refractivity contribution in [2.45, 2.75) is 33.2 Å². The highest BCUT2D eigenvalue weighted by Crippen LogP contribution is 2.27. The predicted octanol–water partition coefficient (Wildman–Crippen LogP) is 4.29. The van der Waals surface area contributed by atoms with Crippen molar-refractivity contribution in [1.29, 1.82) is 0 Å². The summed E-state index contributed by atoms with van der Waals surface area (Å²) in [5.41, 5.74) is 5.91. The standard InChI is InChI=1S/C19H21NO/c1-14-9-10-16(12-15(14)2)13-20-11-5-8-19(21)17-6-3-4-7-18(17)20/h3-4,6-7,9-10,12H,5,8,11,13H2,1-2H3. The van der Waals surface area contributed by atoms with Crippen LogP contribution >= 0.6 is 0 Å². The Bertz CT molecular complexity index is 675. The van der Waals surface area contributed by atoms with Crippen LogP contribution in [0.2, 0.25) is 0 Å². The van der Waals surface area contributed by atoms with Gasteiger partial charge in [0.15, 0.2) is 5.78 Å². The molecule has 3 rings (SSSR count). The van der Waals surface area contributed by atoms with E-state index in [4.69, 9.17) is 0 Å². The summed E-state index contributed by atoms with van der Waals surface area (Å²) in [6.45, 7) is 6.10. The van der Waals surface area contributed by atoms with E-state index >= 15 is 0 Å². The van der Waals surface area contributed by atoms with Gasteiger partial charge in [0.05, 0.1) is 0 Å². The number of nitrogens with zero attached hydrogens (tertiary/aromatic N) is 1. The maximum atomic E-state index is 12.2. The van der Waals surface area contributed by atoms with Crippen LogP contribution in [0.5, 0.6) is 0 Å². The third kappa shape index (κ3) is 2.85. The first kappa shape index (κ1) is 13.9. The minimum Gasteiger partial charge on any atom is -0.367 e. The molecule has 0 aromatic heterocycles. The maximum absolute atomic E-state index is 12.2. The fourth-order valence-electron chi connectivity index (χ4n) is 2.96. The van der Waals surface area contributed by atoms with Gasteiger partial charge in [-0.2, -0.15) is 0 Å². The van der Waals surface area contributed by atoms with Crippen molar-refractivity contribution in [2.24, 2.45) is 0 Å². The van der Waals surface area contributed by atoms with Gasteiger partial charge in [-0.25, -0.2) is 0 Å². The Kier molecular flexibility index (Phi) is 3.78. The minimum atomic E-state index is 0.271. The second-order valence-corrected chi connectivity index (χ2v) is 5.88. The summed E-state index contributed by atoms with van der Waals surface area (Å²) < 4.78 is 0. The van der Waals surface area contributed by atoms with Crippen molar-refractivity contribution in [2.75, 3.05) is 11.4 Å². The molecule has 1 heterocycles. The highest BCUT2D eigenvalue weighted by molar-refractivity contribution is 6.01. The third-order valence-corrected chi connectivity index (χ3v) is 4.32. The van der Waals surface area contributed by atoms with Crippen molar-refractivity contribution in [3.8, 4) is 0 Å². The van der Waals surface area contributed by atoms with Crippen LogP contribution in [0.4, 0.5) is 5.69 Å². The summed E-state index contributed by atoms with van der Waals surface area (Å²) in [7, 11) is 0. The number of fused-ring (bicyclic) bond motifs is 1. The molecule has 0 fully saturated rings. The summed E-state index contributed by atoms with van der Waals surface area (Å²) in [5, 5.41) is 0. The van der Waals surface area contributed by atoms with Gasteiger partial charge < -0.3 is 4.90 Å². The Labute approximate surface area is 126 Å². The van der Waals surface area contributed by atoms with Gasteiger partial charge in [0.25, 0.3) is 0 Å². The van der Waals surface area contributed by atoms with Gasteiger partial charge in [0.2, 0.25) is 0 Å². The zero-order valence-electron chi connectivity index (χ0n) is 12.7. The number of rotatable bonds is 2. The second kappa shape index (κ2) is 5.72. The molecule has 0 N–H and O–H groups in total. The van der Waals surface area contributed by atoms with E-state index in [0.717, 1.165) is 30.8 Å². The maximum Gasteiger partial charge on any atom is 0.165 e. The van der Waals surface area contributed by atoms with E-state index in [1.165, 1.54) is 16.7 Å². The molecular weight excluding hydrogens is 258 g/mol. The Morgan fingerprint density at radius 1 is 1.05 bits per heavy atom. The number of ketones is 1. The van der Waals surface area contributed by atoms with Gasteiger partial charge in [0.1, 0.15) is 0 Å². The van der Waals surface area contributed by atoms with E-state index < -0.39 is 0 Å². The molecule has 0 saturated carbocycles. The summed E-state index contributed by atoms with van der Waals surface area (Å²) in [4.78, 5) is 14.5. The monoisotopic (exact) mass is 279 g/mol. The van der Waals surface area contributed by atoms with Gasteiger partial charge in [-0.1, -0.05) is 30.3 Å². The number of Topliss-reactive ketones (excluding diaryl/α,β-unsaturated/α-hetero) is 1. The lowest BCUT2D eigenvalue weighted by Gasteiger charge is -2.25. The van der Waals surface area contributed by atoms with Crippen molar-refractivity contribution < 1.29 is 4.79 Å². The highest BCUT2D eigenvalue weighted by Gasteiger charge is 2.20. The number of aryl methyl sites for hydroxylation is 2. The molecule has 0 saturated heterocycles. The normalized spacial score (nSPS) is 14.8. The van der Waals surface area contributed by atoms with Gasteiger partial charge in [-0.05, 0) is 49.1 Å². The average molecular weight is 279 g/mol. The van der Waals surface area contributed by atoms with E-state index in [0.29, 0.717) is 6.42 Å². The number of hydrogen-bond acceptors (Lipinski definition) is 2. The van der Waals surface area contributed by atoms with E-state index in [9.17, 15) is 4.79 Å². The second-order valence-electron chi connectivity index (χ2n) is 5.88. The van der Waals surface area contributed by atoms with Crippen LogP contribution in [-0.4, -0.2) is 12.3 Å². The molecule has 0 unspecified atom stereocenters. The molecule has 0 radical (unpaired) electrons. The number of carbonyl (C=O) groups excluding carboxylic acids is 1. The van der Waals surface area contributed by atoms with Crippen LogP contribution in [0.3, 0.4) is 0 Å². The Hall–Kier alpha value is -2.09. The van der Waals surface area contributed by atoms with Crippen LogP contribution in [0.1, 0.15) is 39.9 Å². The molecule has 21 heavy (non-hydrogen) atoms. The number of carbonyl (C=O) groups is 1. The molecule has 0 bridgehead atoms. The van der Waals surface area contributed by atoms with E-state index in [2.05, 4.69) is 43.0 Å². The molecule has 1 aliphatic heterocycles. The van der Waals surface area contributed by atoms with Crippen molar-refractivity contribution >= 4 is 11.5 Å². The first-order valence-corrected chi connectivity index (χ1v) is 7.58. The molecular formula is C19H21NO. The van der Waals surface area contributed by atoms with Crippen molar-refractivity contribution in [1.82, 2.24) is 0 Å². The number of anilines is 1. The lowest BCUT2D eigenvalue weighted by molar-refractivity contribution is 0.0984. The van der Waals surface area contributed by atoms with E-state index in [-0.39, 0.29) is 5.78 Å². The Balaban J connectivity index is 1.92. The minimum absolute atomic E-state index is 0.271. The molecule has 0 spiro atoms. The largest absolute Gasteiger partial charge is 0.367 e. The lowest BCUT2D eigenvalue weighted by atomic mass is 10.0. The summed E-state index contributed by atoms with van der Waals surface area (Å²) in [6.07, 6.45) is 1.58. The fourth-order valence-corrected chi connectivity index (χ4v) is 2.96. The molecule has 2 aromatic carbocycles. The molecule has 0 atom stereocenters. The predicted molar refractivity (Wildman–Crippen MR) is 87.0 cm³/mol. The summed E-state index contributed by atoms with van der Waals surface area (Å²) >= 11 is 0. The molecule has 0 aliphatic carbocycles. The molecule has 1 aliphatic rings. The first-order chi connectivity index (χ1) is 10.1. The molecule has 108 valence electrons.